The first-order valence-electron chi connectivity index (χ1n) is 5.45. The molecule has 0 spiro atoms. The topological polar surface area (TPSA) is 35.8 Å². The van der Waals surface area contributed by atoms with E-state index in [0.29, 0.717) is 21.4 Å². The zero-order valence-electron chi connectivity index (χ0n) is 9.97. The summed E-state index contributed by atoms with van der Waals surface area (Å²) in [7, 11) is 0. The molecule has 0 radical (unpaired) electrons. The van der Waals surface area contributed by atoms with Crippen molar-refractivity contribution in [3.63, 3.8) is 0 Å². The zero-order valence-corrected chi connectivity index (χ0v) is 11.5. The summed E-state index contributed by atoms with van der Waals surface area (Å²) in [6, 6.07) is 9.62. The van der Waals surface area contributed by atoms with Crippen LogP contribution in [0.4, 0.5) is 15.8 Å². The number of benzene rings is 2. The maximum absolute atomic E-state index is 13.5. The van der Waals surface area contributed by atoms with Crippen molar-refractivity contribution in [3.8, 4) is 6.07 Å². The van der Waals surface area contributed by atoms with Crippen LogP contribution >= 0.6 is 23.2 Å². The molecule has 2 aromatic carbocycles. The monoisotopic (exact) mass is 294 g/mol. The summed E-state index contributed by atoms with van der Waals surface area (Å²) in [5.41, 5.74) is 1.56. The number of nitrogens with one attached hydrogen (secondary N) is 1. The lowest BCUT2D eigenvalue weighted by atomic mass is 10.1. The fourth-order valence-electron chi connectivity index (χ4n) is 1.65. The van der Waals surface area contributed by atoms with Gasteiger partial charge in [-0.3, -0.25) is 0 Å². The number of rotatable bonds is 2. The van der Waals surface area contributed by atoms with Crippen molar-refractivity contribution in [2.45, 2.75) is 6.92 Å². The predicted molar refractivity (Wildman–Crippen MR) is 75.6 cm³/mol. The van der Waals surface area contributed by atoms with Crippen LogP contribution in [0.3, 0.4) is 0 Å². The fraction of sp³-hybridized carbons (Fsp3) is 0.0714. The average molecular weight is 295 g/mol. The first-order chi connectivity index (χ1) is 9.04. The Hall–Kier alpha value is -1.76. The van der Waals surface area contributed by atoms with Gasteiger partial charge in [0.25, 0.3) is 0 Å². The number of hydrogen-bond donors (Lipinski definition) is 1. The normalized spacial score (nSPS) is 10.1. The van der Waals surface area contributed by atoms with Crippen molar-refractivity contribution in [2.75, 3.05) is 5.32 Å². The van der Waals surface area contributed by atoms with Gasteiger partial charge in [0.15, 0.2) is 0 Å². The van der Waals surface area contributed by atoms with Crippen molar-refractivity contribution in [1.29, 1.82) is 5.26 Å². The van der Waals surface area contributed by atoms with Crippen LogP contribution in [0.1, 0.15) is 11.1 Å². The molecule has 0 heterocycles. The molecule has 0 amide bonds. The van der Waals surface area contributed by atoms with E-state index >= 15 is 0 Å². The predicted octanol–water partition coefficient (Wildman–Crippen LogP) is 5.06. The Kier molecular flexibility index (Phi) is 3.94. The van der Waals surface area contributed by atoms with Crippen LogP contribution in [-0.2, 0) is 0 Å². The van der Waals surface area contributed by atoms with Crippen LogP contribution in [0.25, 0.3) is 0 Å². The van der Waals surface area contributed by atoms with E-state index in [1.807, 2.05) is 13.0 Å². The van der Waals surface area contributed by atoms with Gasteiger partial charge in [-0.25, -0.2) is 4.39 Å². The van der Waals surface area contributed by atoms with Gasteiger partial charge in [0.05, 0.1) is 21.4 Å². The fourth-order valence-corrected chi connectivity index (χ4v) is 2.11. The summed E-state index contributed by atoms with van der Waals surface area (Å²) in [5.74, 6) is -0.590. The summed E-state index contributed by atoms with van der Waals surface area (Å²) in [6.07, 6.45) is 0. The number of halogens is 3. The van der Waals surface area contributed by atoms with Crippen LogP contribution < -0.4 is 5.32 Å². The SMILES string of the molecule is Cc1ccc(Cl)c(Nc2cccc(F)c2C#N)c1Cl. The van der Waals surface area contributed by atoms with Gasteiger partial charge in [-0.1, -0.05) is 35.3 Å². The van der Waals surface area contributed by atoms with Crippen molar-refractivity contribution in [3.05, 3.63) is 57.3 Å². The maximum atomic E-state index is 13.5. The highest BCUT2D eigenvalue weighted by Gasteiger charge is 2.12. The molecular weight excluding hydrogens is 286 g/mol. The van der Waals surface area contributed by atoms with Crippen molar-refractivity contribution in [1.82, 2.24) is 0 Å². The van der Waals surface area contributed by atoms with E-state index in [9.17, 15) is 4.39 Å². The lowest BCUT2D eigenvalue weighted by molar-refractivity contribution is 0.624. The van der Waals surface area contributed by atoms with Gasteiger partial charge in [0.2, 0.25) is 0 Å². The molecule has 5 heteroatoms. The minimum Gasteiger partial charge on any atom is -0.352 e. The quantitative estimate of drug-likeness (QED) is 0.841. The minimum atomic E-state index is -0.590. The van der Waals surface area contributed by atoms with Crippen LogP contribution in [0.5, 0.6) is 0 Å². The molecule has 2 rings (SSSR count). The second kappa shape index (κ2) is 5.48. The molecule has 0 saturated heterocycles. The number of anilines is 2. The van der Waals surface area contributed by atoms with Crippen LogP contribution in [-0.4, -0.2) is 0 Å². The second-order valence-electron chi connectivity index (χ2n) is 3.95. The molecule has 0 aliphatic rings. The number of nitrogens with zero attached hydrogens (tertiary/aromatic N) is 1. The smallest absolute Gasteiger partial charge is 0.143 e. The van der Waals surface area contributed by atoms with E-state index in [2.05, 4.69) is 5.32 Å². The molecule has 0 bridgehead atoms. The molecule has 0 atom stereocenters. The number of nitriles is 1. The Bertz CT molecular complexity index is 678. The second-order valence-corrected chi connectivity index (χ2v) is 4.74. The highest BCUT2D eigenvalue weighted by atomic mass is 35.5. The molecule has 0 fully saturated rings. The van der Waals surface area contributed by atoms with E-state index in [1.165, 1.54) is 12.1 Å². The zero-order chi connectivity index (χ0) is 14.0. The largest absolute Gasteiger partial charge is 0.352 e. The van der Waals surface area contributed by atoms with E-state index < -0.39 is 5.82 Å². The van der Waals surface area contributed by atoms with Crippen LogP contribution in [0, 0.1) is 24.1 Å². The molecule has 0 aliphatic heterocycles. The Morgan fingerprint density at radius 1 is 1.21 bits per heavy atom. The Morgan fingerprint density at radius 2 is 1.95 bits per heavy atom. The molecule has 0 aromatic heterocycles. The third kappa shape index (κ3) is 2.65. The summed E-state index contributed by atoms with van der Waals surface area (Å²) in [6.45, 7) is 1.83. The molecule has 0 aliphatic carbocycles. The lowest BCUT2D eigenvalue weighted by Crippen LogP contribution is -1.98. The standard InChI is InChI=1S/C14H9Cl2FN2/c1-8-5-6-10(15)14(13(8)16)19-12-4-2-3-11(17)9(12)7-18/h2-6,19H,1H3. The number of hydrogen-bond acceptors (Lipinski definition) is 2. The molecule has 1 N–H and O–H groups in total. The van der Waals surface area contributed by atoms with Gasteiger partial charge in [0, 0.05) is 0 Å². The number of aryl methyl sites for hydroxylation is 1. The lowest BCUT2D eigenvalue weighted by Gasteiger charge is -2.13. The highest BCUT2D eigenvalue weighted by molar-refractivity contribution is 6.39. The van der Waals surface area contributed by atoms with Gasteiger partial charge in [0.1, 0.15) is 17.4 Å². The molecule has 19 heavy (non-hydrogen) atoms. The van der Waals surface area contributed by atoms with E-state index in [4.69, 9.17) is 28.5 Å². The van der Waals surface area contributed by atoms with Gasteiger partial charge in [-0.15, -0.1) is 0 Å². The summed E-state index contributed by atoms with van der Waals surface area (Å²) >= 11 is 12.2. The Morgan fingerprint density at radius 3 is 2.63 bits per heavy atom. The molecule has 0 unspecified atom stereocenters. The van der Waals surface area contributed by atoms with Crippen molar-refractivity contribution < 1.29 is 4.39 Å². The van der Waals surface area contributed by atoms with Crippen molar-refractivity contribution in [2.24, 2.45) is 0 Å². The van der Waals surface area contributed by atoms with Gasteiger partial charge in [-0.2, -0.15) is 5.26 Å². The van der Waals surface area contributed by atoms with Crippen LogP contribution in [0.2, 0.25) is 10.0 Å². The maximum Gasteiger partial charge on any atom is 0.143 e. The Labute approximate surface area is 120 Å². The molecule has 2 nitrogen and oxygen atoms in total. The van der Waals surface area contributed by atoms with Crippen molar-refractivity contribution >= 4 is 34.6 Å². The summed E-state index contributed by atoms with van der Waals surface area (Å²) in [5, 5.41) is 12.7. The molecule has 0 saturated carbocycles. The molecular formula is C14H9Cl2FN2. The summed E-state index contributed by atoms with van der Waals surface area (Å²) in [4.78, 5) is 0. The van der Waals surface area contributed by atoms with E-state index in [-0.39, 0.29) is 5.56 Å². The highest BCUT2D eigenvalue weighted by Crippen LogP contribution is 2.36. The first kappa shape index (κ1) is 13.7. The van der Waals surface area contributed by atoms with E-state index in [0.717, 1.165) is 5.56 Å². The Balaban J connectivity index is 2.52. The minimum absolute atomic E-state index is 0.0730. The molecule has 2 aromatic rings. The van der Waals surface area contributed by atoms with Gasteiger partial charge in [-0.05, 0) is 30.7 Å². The average Bonchev–Trinajstić information content (AvgIpc) is 2.39. The third-order valence-corrected chi connectivity index (χ3v) is 3.47. The van der Waals surface area contributed by atoms with Gasteiger partial charge < -0.3 is 5.32 Å². The first-order valence-corrected chi connectivity index (χ1v) is 6.20. The van der Waals surface area contributed by atoms with Gasteiger partial charge >= 0.3 is 0 Å². The van der Waals surface area contributed by atoms with E-state index in [1.54, 1.807) is 18.2 Å². The molecule has 96 valence electrons. The van der Waals surface area contributed by atoms with Crippen LogP contribution in [0.15, 0.2) is 30.3 Å². The third-order valence-electron chi connectivity index (χ3n) is 2.67. The summed E-state index contributed by atoms with van der Waals surface area (Å²) < 4.78 is 13.5.